The third kappa shape index (κ3) is 8.66. The van der Waals surface area contributed by atoms with Crippen LogP contribution in [0.15, 0.2) is 24.3 Å². The van der Waals surface area contributed by atoms with Crippen LogP contribution in [0.2, 0.25) is 0 Å². The van der Waals surface area contributed by atoms with E-state index in [0.717, 1.165) is 6.42 Å². The van der Waals surface area contributed by atoms with Crippen molar-refractivity contribution < 1.29 is 25.2 Å². The molecule has 5 nitrogen and oxygen atoms in total. The van der Waals surface area contributed by atoms with Crippen LogP contribution in [0.3, 0.4) is 0 Å². The summed E-state index contributed by atoms with van der Waals surface area (Å²) in [5.74, 6) is -1.08. The van der Waals surface area contributed by atoms with Crippen LogP contribution in [0.1, 0.15) is 64.7 Å². The summed E-state index contributed by atoms with van der Waals surface area (Å²) < 4.78 is 0. The van der Waals surface area contributed by atoms with Gasteiger partial charge in [-0.25, -0.2) is 0 Å². The number of carboxylic acid groups (broad SMARTS) is 1. The van der Waals surface area contributed by atoms with E-state index in [0.29, 0.717) is 25.7 Å². The van der Waals surface area contributed by atoms with Crippen LogP contribution in [0.4, 0.5) is 0 Å². The van der Waals surface area contributed by atoms with Crippen molar-refractivity contribution in [3.05, 3.63) is 24.3 Å². The fourth-order valence-electron chi connectivity index (χ4n) is 3.41. The van der Waals surface area contributed by atoms with Crippen LogP contribution in [0.25, 0.3) is 0 Å². The van der Waals surface area contributed by atoms with Gasteiger partial charge >= 0.3 is 5.97 Å². The van der Waals surface area contributed by atoms with Crippen molar-refractivity contribution in [2.45, 2.75) is 83.0 Å². The quantitative estimate of drug-likeness (QED) is 0.319. The number of allylic oxidation sites excluding steroid dienone is 2. The summed E-state index contributed by atoms with van der Waals surface area (Å²) in [5.41, 5.74) is 0. The molecule has 0 aromatic carbocycles. The highest BCUT2D eigenvalue weighted by molar-refractivity contribution is 5.66. The second kappa shape index (κ2) is 12.2. The lowest BCUT2D eigenvalue weighted by Crippen LogP contribution is -2.20. The summed E-state index contributed by atoms with van der Waals surface area (Å²) in [6.45, 7) is 2.17. The number of rotatable bonds is 12. The minimum absolute atomic E-state index is 0.0418. The minimum atomic E-state index is -0.865. The molecule has 5 atom stereocenters. The van der Waals surface area contributed by atoms with E-state index < -0.39 is 24.3 Å². The molecule has 0 amide bonds. The number of hydrogen-bond donors (Lipinski definition) is 4. The molecular weight excluding hydrogens is 320 g/mol. The van der Waals surface area contributed by atoms with E-state index >= 15 is 0 Å². The summed E-state index contributed by atoms with van der Waals surface area (Å²) in [4.78, 5) is 10.5. The maximum absolute atomic E-state index is 10.5. The molecule has 0 heterocycles. The first kappa shape index (κ1) is 21.9. The first-order valence-corrected chi connectivity index (χ1v) is 9.55. The lowest BCUT2D eigenvalue weighted by Gasteiger charge is -2.19. The zero-order chi connectivity index (χ0) is 18.7. The molecule has 25 heavy (non-hydrogen) atoms. The van der Waals surface area contributed by atoms with Gasteiger partial charge in [-0.3, -0.25) is 4.79 Å². The predicted octanol–water partition coefficient (Wildman–Crippen LogP) is 3.04. The molecule has 0 aromatic rings. The zero-order valence-corrected chi connectivity index (χ0v) is 15.3. The number of hydrogen-bond acceptors (Lipinski definition) is 4. The monoisotopic (exact) mass is 354 g/mol. The highest BCUT2D eigenvalue weighted by Gasteiger charge is 2.39. The average Bonchev–Trinajstić information content (AvgIpc) is 2.81. The van der Waals surface area contributed by atoms with E-state index in [1.807, 2.05) is 0 Å². The lowest BCUT2D eigenvalue weighted by atomic mass is 9.89. The maximum atomic E-state index is 10.5. The van der Waals surface area contributed by atoms with Gasteiger partial charge in [-0.2, -0.15) is 0 Å². The standard InChI is InChI=1S/C20H34O5/c1-2-3-4-5-6-7-10-16-17(19(23)14-18(16)22)13-12-15(21)9-8-11-20(24)25/h6-7,12-13,15-19,21-23H,2-5,8-11,14H2,1H3,(H,24,25)/b7-6+,13-12+/t15-,16-,17+,18+,19-/m0/s1. The Balaban J connectivity index is 2.47. The highest BCUT2D eigenvalue weighted by Crippen LogP contribution is 2.36. The molecule has 0 aromatic heterocycles. The van der Waals surface area contributed by atoms with Gasteiger partial charge < -0.3 is 20.4 Å². The Hall–Kier alpha value is -1.17. The molecule has 1 rings (SSSR count). The van der Waals surface area contributed by atoms with Gasteiger partial charge in [-0.15, -0.1) is 0 Å². The molecular formula is C20H34O5. The number of aliphatic carboxylic acids is 1. The van der Waals surface area contributed by atoms with Crippen LogP contribution in [0, 0.1) is 11.8 Å². The van der Waals surface area contributed by atoms with Gasteiger partial charge in [0.1, 0.15) is 0 Å². The first-order valence-electron chi connectivity index (χ1n) is 9.55. The Morgan fingerprint density at radius 1 is 1.16 bits per heavy atom. The van der Waals surface area contributed by atoms with Gasteiger partial charge in [-0.05, 0) is 38.0 Å². The SMILES string of the molecule is CCCCC/C=C/C[C@H]1[C@@H](/C=C/[C@@H](O)CCCC(=O)O)[C@@H](O)C[C@H]1O. The average molecular weight is 354 g/mol. The third-order valence-corrected chi connectivity index (χ3v) is 4.91. The molecule has 5 heteroatoms. The van der Waals surface area contributed by atoms with Crippen molar-refractivity contribution in [1.29, 1.82) is 0 Å². The molecule has 1 fully saturated rings. The number of aliphatic hydroxyl groups is 3. The van der Waals surface area contributed by atoms with Gasteiger partial charge in [0.25, 0.3) is 0 Å². The molecule has 0 spiro atoms. The van der Waals surface area contributed by atoms with Gasteiger partial charge in [-0.1, -0.05) is 44.1 Å². The van der Waals surface area contributed by atoms with E-state index in [1.165, 1.54) is 19.3 Å². The van der Waals surface area contributed by atoms with Crippen LogP contribution >= 0.6 is 0 Å². The van der Waals surface area contributed by atoms with Crippen LogP contribution in [-0.2, 0) is 4.79 Å². The number of aliphatic hydroxyl groups excluding tert-OH is 3. The molecule has 0 radical (unpaired) electrons. The van der Waals surface area contributed by atoms with E-state index in [2.05, 4.69) is 19.1 Å². The molecule has 1 aliphatic rings. The molecule has 0 aliphatic heterocycles. The summed E-state index contributed by atoms with van der Waals surface area (Å²) in [6.07, 6.45) is 12.4. The smallest absolute Gasteiger partial charge is 0.303 e. The van der Waals surface area contributed by atoms with Crippen molar-refractivity contribution >= 4 is 5.97 Å². The molecule has 0 saturated heterocycles. The van der Waals surface area contributed by atoms with Crippen molar-refractivity contribution in [2.24, 2.45) is 11.8 Å². The maximum Gasteiger partial charge on any atom is 0.303 e. The Morgan fingerprint density at radius 2 is 1.92 bits per heavy atom. The van der Waals surface area contributed by atoms with Crippen molar-refractivity contribution in [1.82, 2.24) is 0 Å². The lowest BCUT2D eigenvalue weighted by molar-refractivity contribution is -0.137. The van der Waals surface area contributed by atoms with E-state index in [1.54, 1.807) is 12.2 Å². The van der Waals surface area contributed by atoms with Crippen LogP contribution in [-0.4, -0.2) is 44.7 Å². The second-order valence-electron chi connectivity index (χ2n) is 7.05. The van der Waals surface area contributed by atoms with Crippen molar-refractivity contribution in [2.75, 3.05) is 0 Å². The van der Waals surface area contributed by atoms with Crippen LogP contribution < -0.4 is 0 Å². The van der Waals surface area contributed by atoms with Crippen molar-refractivity contribution in [3.8, 4) is 0 Å². The topological polar surface area (TPSA) is 98.0 Å². The largest absolute Gasteiger partial charge is 0.481 e. The van der Waals surface area contributed by atoms with Crippen molar-refractivity contribution in [3.63, 3.8) is 0 Å². The highest BCUT2D eigenvalue weighted by atomic mass is 16.4. The molecule has 0 unspecified atom stereocenters. The summed E-state index contributed by atoms with van der Waals surface area (Å²) in [5, 5.41) is 38.9. The van der Waals surface area contributed by atoms with E-state index in [4.69, 9.17) is 5.11 Å². The molecule has 0 bridgehead atoms. The Kier molecular flexibility index (Phi) is 10.7. The van der Waals surface area contributed by atoms with Gasteiger partial charge in [0.15, 0.2) is 0 Å². The summed E-state index contributed by atoms with van der Waals surface area (Å²) in [7, 11) is 0. The number of unbranched alkanes of at least 4 members (excludes halogenated alkanes) is 3. The second-order valence-corrected chi connectivity index (χ2v) is 7.05. The van der Waals surface area contributed by atoms with Gasteiger partial charge in [0.05, 0.1) is 18.3 Å². The normalized spacial score (nSPS) is 28.2. The van der Waals surface area contributed by atoms with Crippen LogP contribution in [0.5, 0.6) is 0 Å². The fourth-order valence-corrected chi connectivity index (χ4v) is 3.41. The predicted molar refractivity (Wildman–Crippen MR) is 98.1 cm³/mol. The summed E-state index contributed by atoms with van der Waals surface area (Å²) in [6, 6.07) is 0. The molecule has 1 aliphatic carbocycles. The number of carbonyl (C=O) groups is 1. The zero-order valence-electron chi connectivity index (χ0n) is 15.3. The molecule has 1 saturated carbocycles. The van der Waals surface area contributed by atoms with E-state index in [-0.39, 0.29) is 18.3 Å². The fraction of sp³-hybridized carbons (Fsp3) is 0.750. The third-order valence-electron chi connectivity index (χ3n) is 4.91. The Morgan fingerprint density at radius 3 is 2.60 bits per heavy atom. The summed E-state index contributed by atoms with van der Waals surface area (Å²) >= 11 is 0. The molecule has 144 valence electrons. The van der Waals surface area contributed by atoms with Gasteiger partial charge in [0.2, 0.25) is 0 Å². The Bertz CT molecular complexity index is 432. The minimum Gasteiger partial charge on any atom is -0.481 e. The number of carboxylic acids is 1. The van der Waals surface area contributed by atoms with E-state index in [9.17, 15) is 20.1 Å². The Labute approximate surface area is 151 Å². The molecule has 4 N–H and O–H groups in total. The van der Waals surface area contributed by atoms with Gasteiger partial charge in [0, 0.05) is 18.8 Å². The first-order chi connectivity index (χ1) is 12.0.